The van der Waals surface area contributed by atoms with Crippen LogP contribution >= 0.6 is 11.6 Å². The van der Waals surface area contributed by atoms with Crippen LogP contribution in [0, 0.1) is 0 Å². The Morgan fingerprint density at radius 3 is 2.89 bits per heavy atom. The molecule has 0 N–H and O–H groups in total. The summed E-state index contributed by atoms with van der Waals surface area (Å²) in [7, 11) is 0. The topological polar surface area (TPSA) is 0 Å². The molecule has 0 saturated heterocycles. The van der Waals surface area contributed by atoms with E-state index in [1.54, 1.807) is 0 Å². The average Bonchev–Trinajstić information content (AvgIpc) is 1.89. The van der Waals surface area contributed by atoms with E-state index >= 15 is 0 Å². The predicted octanol–water partition coefficient (Wildman–Crippen LogP) is 3.24. The van der Waals surface area contributed by atoms with Crippen LogP contribution in [0.25, 0.3) is 0 Å². The van der Waals surface area contributed by atoms with E-state index in [9.17, 15) is 0 Å². The normalized spacial score (nSPS) is 24.2. The van der Waals surface area contributed by atoms with Crippen LogP contribution in [0.1, 0.15) is 26.2 Å². The first-order valence-electron chi connectivity index (χ1n) is 3.36. The second-order valence-corrected chi connectivity index (χ2v) is 2.67. The third-order valence-electron chi connectivity index (χ3n) is 1.63. The fourth-order valence-corrected chi connectivity index (χ4v) is 1.37. The second kappa shape index (κ2) is 3.07. The zero-order valence-electron chi connectivity index (χ0n) is 5.65. The van der Waals surface area contributed by atoms with Crippen LogP contribution in [0.3, 0.4) is 0 Å². The summed E-state index contributed by atoms with van der Waals surface area (Å²) in [6.07, 6.45) is 7.76. The maximum atomic E-state index is 5.88. The van der Waals surface area contributed by atoms with Crippen molar-refractivity contribution in [2.75, 3.05) is 0 Å². The summed E-state index contributed by atoms with van der Waals surface area (Å²) in [6.45, 7) is 2.04. The number of rotatable bonds is 0. The summed E-state index contributed by atoms with van der Waals surface area (Å²) in [6, 6.07) is 0. The Kier molecular flexibility index (Phi) is 2.35. The quantitative estimate of drug-likeness (QED) is 0.487. The molecule has 0 aromatic rings. The number of hydrogen-bond acceptors (Lipinski definition) is 0. The molecule has 0 heterocycles. The van der Waals surface area contributed by atoms with Crippen LogP contribution in [0.2, 0.25) is 0 Å². The molecule has 0 radical (unpaired) electrons. The van der Waals surface area contributed by atoms with Gasteiger partial charge in [0.1, 0.15) is 0 Å². The van der Waals surface area contributed by atoms with Gasteiger partial charge in [0.2, 0.25) is 0 Å². The van der Waals surface area contributed by atoms with Crippen LogP contribution in [0.4, 0.5) is 0 Å². The van der Waals surface area contributed by atoms with Gasteiger partial charge < -0.3 is 0 Å². The molecule has 9 heavy (non-hydrogen) atoms. The van der Waals surface area contributed by atoms with Crippen molar-refractivity contribution >= 4 is 11.6 Å². The molecule has 0 unspecified atom stereocenters. The number of hydrogen-bond donors (Lipinski definition) is 0. The van der Waals surface area contributed by atoms with Crippen molar-refractivity contribution < 1.29 is 0 Å². The van der Waals surface area contributed by atoms with E-state index in [1.807, 2.05) is 6.92 Å². The van der Waals surface area contributed by atoms with Gasteiger partial charge in [-0.2, -0.15) is 0 Å². The molecule has 1 heteroatoms. The summed E-state index contributed by atoms with van der Waals surface area (Å²) in [5.41, 5.74) is 1.31. The minimum atomic E-state index is 0.962. The lowest BCUT2D eigenvalue weighted by atomic mass is 10.0. The van der Waals surface area contributed by atoms with Gasteiger partial charge in [-0.3, -0.25) is 0 Å². The predicted molar refractivity (Wildman–Crippen MR) is 41.5 cm³/mol. The maximum Gasteiger partial charge on any atom is 0.0394 e. The van der Waals surface area contributed by atoms with Gasteiger partial charge in [0.25, 0.3) is 0 Å². The second-order valence-electron chi connectivity index (χ2n) is 2.26. The molecule has 50 valence electrons. The first-order chi connectivity index (χ1) is 4.34. The van der Waals surface area contributed by atoms with E-state index in [4.69, 9.17) is 11.6 Å². The summed E-state index contributed by atoms with van der Waals surface area (Å²) in [4.78, 5) is 0. The van der Waals surface area contributed by atoms with Gasteiger partial charge in [-0.25, -0.2) is 0 Å². The fourth-order valence-electron chi connectivity index (χ4n) is 1.05. The van der Waals surface area contributed by atoms with Gasteiger partial charge >= 0.3 is 0 Å². The monoisotopic (exact) mass is 142 g/mol. The van der Waals surface area contributed by atoms with Crippen LogP contribution in [-0.4, -0.2) is 0 Å². The zero-order valence-corrected chi connectivity index (χ0v) is 6.41. The van der Waals surface area contributed by atoms with Crippen LogP contribution in [0.5, 0.6) is 0 Å². The summed E-state index contributed by atoms with van der Waals surface area (Å²) >= 11 is 5.88. The summed E-state index contributed by atoms with van der Waals surface area (Å²) in [5.74, 6) is 0. The average molecular weight is 143 g/mol. The van der Waals surface area contributed by atoms with E-state index in [-0.39, 0.29) is 0 Å². The molecule has 0 aromatic heterocycles. The fraction of sp³-hybridized carbons (Fsp3) is 0.500. The van der Waals surface area contributed by atoms with Gasteiger partial charge in [-0.1, -0.05) is 23.8 Å². The number of allylic oxidation sites excluding steroid dienone is 4. The van der Waals surface area contributed by atoms with Crippen LogP contribution in [0.15, 0.2) is 22.8 Å². The van der Waals surface area contributed by atoms with Crippen molar-refractivity contribution in [1.29, 1.82) is 0 Å². The van der Waals surface area contributed by atoms with Gasteiger partial charge in [0.15, 0.2) is 0 Å². The van der Waals surface area contributed by atoms with Crippen molar-refractivity contribution in [2.45, 2.75) is 26.2 Å². The summed E-state index contributed by atoms with van der Waals surface area (Å²) < 4.78 is 0. The Labute approximate surface area is 61.2 Å². The molecule has 1 aliphatic carbocycles. The highest BCUT2D eigenvalue weighted by atomic mass is 35.5. The lowest BCUT2D eigenvalue weighted by Gasteiger charge is -2.09. The van der Waals surface area contributed by atoms with E-state index in [1.165, 1.54) is 12.0 Å². The van der Waals surface area contributed by atoms with Gasteiger partial charge in [0.05, 0.1) is 0 Å². The minimum absolute atomic E-state index is 0.962. The molecule has 0 aliphatic heterocycles. The SMILES string of the molecule is C/C=C1\CCCC=C1Cl. The summed E-state index contributed by atoms with van der Waals surface area (Å²) in [5, 5.41) is 0.962. The highest BCUT2D eigenvalue weighted by molar-refractivity contribution is 6.32. The molecule has 1 aliphatic rings. The third-order valence-corrected chi connectivity index (χ3v) is 2.03. The van der Waals surface area contributed by atoms with Gasteiger partial charge in [0, 0.05) is 5.03 Å². The molecular formula is C8H11Cl. The van der Waals surface area contributed by atoms with Crippen molar-refractivity contribution in [3.63, 3.8) is 0 Å². The Morgan fingerprint density at radius 2 is 2.44 bits per heavy atom. The van der Waals surface area contributed by atoms with E-state index in [0.717, 1.165) is 17.9 Å². The van der Waals surface area contributed by atoms with Crippen LogP contribution < -0.4 is 0 Å². The van der Waals surface area contributed by atoms with E-state index in [0.29, 0.717) is 0 Å². The van der Waals surface area contributed by atoms with Gasteiger partial charge in [-0.05, 0) is 31.8 Å². The molecular weight excluding hydrogens is 132 g/mol. The van der Waals surface area contributed by atoms with E-state index in [2.05, 4.69) is 12.2 Å². The molecule has 0 aromatic carbocycles. The van der Waals surface area contributed by atoms with Crippen LogP contribution in [-0.2, 0) is 0 Å². The van der Waals surface area contributed by atoms with Crippen molar-refractivity contribution in [3.05, 3.63) is 22.8 Å². The molecule has 0 atom stereocenters. The Bertz CT molecular complexity index is 154. The standard InChI is InChI=1S/C8H11Cl/c1-2-7-5-3-4-6-8(7)9/h2,6H,3-5H2,1H3/b7-2+. The third kappa shape index (κ3) is 1.59. The van der Waals surface area contributed by atoms with E-state index < -0.39 is 0 Å². The largest absolute Gasteiger partial charge is 0.0844 e. The molecule has 0 nitrogen and oxygen atoms in total. The minimum Gasteiger partial charge on any atom is -0.0844 e. The number of halogens is 1. The van der Waals surface area contributed by atoms with Crippen molar-refractivity contribution in [1.82, 2.24) is 0 Å². The first-order valence-corrected chi connectivity index (χ1v) is 3.73. The van der Waals surface area contributed by atoms with Gasteiger partial charge in [-0.15, -0.1) is 0 Å². The Hall–Kier alpha value is -0.230. The van der Waals surface area contributed by atoms with Crippen molar-refractivity contribution in [2.24, 2.45) is 0 Å². The lowest BCUT2D eigenvalue weighted by Crippen LogP contribution is -1.89. The van der Waals surface area contributed by atoms with Crippen molar-refractivity contribution in [3.8, 4) is 0 Å². The zero-order chi connectivity index (χ0) is 6.69. The Morgan fingerprint density at radius 1 is 1.67 bits per heavy atom. The highest BCUT2D eigenvalue weighted by Crippen LogP contribution is 2.25. The molecule has 0 bridgehead atoms. The molecule has 0 saturated carbocycles. The maximum absolute atomic E-state index is 5.88. The first kappa shape index (κ1) is 6.88. The smallest absolute Gasteiger partial charge is 0.0394 e. The lowest BCUT2D eigenvalue weighted by molar-refractivity contribution is 0.814. The Balaban J connectivity index is 2.73. The molecule has 1 rings (SSSR count). The molecule has 0 amide bonds. The highest BCUT2D eigenvalue weighted by Gasteiger charge is 2.04. The molecule has 0 fully saturated rings. The molecule has 0 spiro atoms.